The van der Waals surface area contributed by atoms with Crippen molar-refractivity contribution >= 4 is 5.91 Å². The van der Waals surface area contributed by atoms with E-state index in [0.717, 1.165) is 32.6 Å². The molecule has 106 valence electrons. The van der Waals surface area contributed by atoms with Crippen LogP contribution in [-0.4, -0.2) is 61.1 Å². The normalized spacial score (nSPS) is 33.0. The molecule has 2 fully saturated rings. The molecule has 19 heavy (non-hydrogen) atoms. The Hall–Kier alpha value is -0.870. The Morgan fingerprint density at radius 2 is 2.26 bits per heavy atom. The van der Waals surface area contributed by atoms with Crippen molar-refractivity contribution in [1.29, 1.82) is 0 Å². The van der Waals surface area contributed by atoms with Crippen molar-refractivity contribution < 1.29 is 9.53 Å². The van der Waals surface area contributed by atoms with Crippen LogP contribution in [0.4, 0.5) is 0 Å². The topological polar surface area (TPSA) is 32.8 Å². The third kappa shape index (κ3) is 2.84. The van der Waals surface area contributed by atoms with Crippen LogP contribution in [0.15, 0.2) is 11.6 Å². The van der Waals surface area contributed by atoms with Gasteiger partial charge in [-0.2, -0.15) is 0 Å². The van der Waals surface area contributed by atoms with Gasteiger partial charge in [0.15, 0.2) is 0 Å². The highest BCUT2D eigenvalue weighted by Gasteiger charge is 2.43. The van der Waals surface area contributed by atoms with E-state index in [0.29, 0.717) is 0 Å². The van der Waals surface area contributed by atoms with E-state index in [4.69, 9.17) is 4.74 Å². The number of hydrogen-bond donors (Lipinski definition) is 0. The Kier molecular flexibility index (Phi) is 3.63. The Bertz CT molecular complexity index is 394. The van der Waals surface area contributed by atoms with Crippen LogP contribution in [0.1, 0.15) is 32.1 Å². The number of amides is 1. The van der Waals surface area contributed by atoms with E-state index in [1.807, 2.05) is 11.9 Å². The second kappa shape index (κ2) is 5.25. The fourth-order valence-corrected chi connectivity index (χ4v) is 3.54. The van der Waals surface area contributed by atoms with Gasteiger partial charge in [0, 0.05) is 26.7 Å². The summed E-state index contributed by atoms with van der Waals surface area (Å²) in [7, 11) is 1.89. The van der Waals surface area contributed by atoms with Gasteiger partial charge in [-0.15, -0.1) is 0 Å². The fourth-order valence-electron chi connectivity index (χ4n) is 3.54. The van der Waals surface area contributed by atoms with Gasteiger partial charge in [0.05, 0.1) is 6.54 Å². The Balaban J connectivity index is 1.57. The summed E-state index contributed by atoms with van der Waals surface area (Å²) in [5.74, 6) is 0.110. The maximum atomic E-state index is 11.5. The van der Waals surface area contributed by atoms with Crippen molar-refractivity contribution in [1.82, 2.24) is 9.80 Å². The number of morpholine rings is 1. The lowest BCUT2D eigenvalue weighted by atomic mass is 9.99. The number of allylic oxidation sites excluding steroid dienone is 1. The highest BCUT2D eigenvalue weighted by Crippen LogP contribution is 2.30. The minimum atomic E-state index is -0.0993. The van der Waals surface area contributed by atoms with Crippen LogP contribution in [0, 0.1) is 0 Å². The molecule has 1 spiro atoms. The molecule has 4 heteroatoms. The van der Waals surface area contributed by atoms with E-state index in [-0.39, 0.29) is 18.1 Å². The molecule has 3 aliphatic rings. The number of ether oxygens (including phenoxy) is 1. The van der Waals surface area contributed by atoms with Crippen LogP contribution in [-0.2, 0) is 9.53 Å². The summed E-state index contributed by atoms with van der Waals surface area (Å²) in [6, 6.07) is 0. The van der Waals surface area contributed by atoms with Crippen molar-refractivity contribution in [2.24, 2.45) is 0 Å². The van der Waals surface area contributed by atoms with Crippen LogP contribution in [0.25, 0.3) is 0 Å². The largest absolute Gasteiger partial charge is 0.362 e. The van der Waals surface area contributed by atoms with Gasteiger partial charge in [-0.25, -0.2) is 0 Å². The van der Waals surface area contributed by atoms with Gasteiger partial charge in [0.1, 0.15) is 12.2 Å². The number of rotatable bonds is 2. The molecule has 2 heterocycles. The minimum Gasteiger partial charge on any atom is -0.362 e. The molecule has 0 aromatic rings. The van der Waals surface area contributed by atoms with Crippen LogP contribution in [0.2, 0.25) is 0 Å². The molecule has 1 atom stereocenters. The van der Waals surface area contributed by atoms with E-state index in [9.17, 15) is 4.79 Å². The van der Waals surface area contributed by atoms with Crippen molar-refractivity contribution in [2.75, 3.05) is 39.8 Å². The van der Waals surface area contributed by atoms with Crippen molar-refractivity contribution in [2.45, 2.75) is 37.7 Å². The number of carbonyl (C=O) groups is 1. The monoisotopic (exact) mass is 264 g/mol. The predicted octanol–water partition coefficient (Wildman–Crippen LogP) is 1.42. The van der Waals surface area contributed by atoms with Crippen LogP contribution in [0.5, 0.6) is 0 Å². The minimum absolute atomic E-state index is 0.0993. The van der Waals surface area contributed by atoms with Crippen LogP contribution < -0.4 is 0 Å². The van der Waals surface area contributed by atoms with Crippen molar-refractivity contribution in [3.05, 3.63) is 11.6 Å². The van der Waals surface area contributed by atoms with E-state index in [1.165, 1.54) is 25.7 Å². The van der Waals surface area contributed by atoms with Crippen LogP contribution in [0.3, 0.4) is 0 Å². The second-order valence-corrected chi connectivity index (χ2v) is 6.29. The van der Waals surface area contributed by atoms with Gasteiger partial charge in [-0.05, 0) is 32.1 Å². The summed E-state index contributed by atoms with van der Waals surface area (Å²) in [6.45, 7) is 4.18. The van der Waals surface area contributed by atoms with E-state index in [1.54, 1.807) is 5.57 Å². The highest BCUT2D eigenvalue weighted by molar-refractivity contribution is 5.78. The molecule has 2 aliphatic heterocycles. The molecule has 0 aromatic heterocycles. The SMILES string of the molecule is CN1C[C@@]2(CCN(CC3=CCCCC3)C2)OCC1=O. The van der Waals surface area contributed by atoms with Gasteiger partial charge in [0.25, 0.3) is 0 Å². The smallest absolute Gasteiger partial charge is 0.248 e. The first-order valence-electron chi connectivity index (χ1n) is 7.45. The average molecular weight is 264 g/mol. The summed E-state index contributed by atoms with van der Waals surface area (Å²) in [5, 5.41) is 0. The van der Waals surface area contributed by atoms with Gasteiger partial charge in [0.2, 0.25) is 5.91 Å². The molecule has 1 amide bonds. The molecule has 1 aliphatic carbocycles. The van der Waals surface area contributed by atoms with Gasteiger partial charge in [-0.1, -0.05) is 11.6 Å². The molecule has 0 bridgehead atoms. The molecule has 4 nitrogen and oxygen atoms in total. The Labute approximate surface area is 115 Å². The molecular formula is C15H24N2O2. The van der Waals surface area contributed by atoms with Gasteiger partial charge >= 0.3 is 0 Å². The number of likely N-dealkylation sites (N-methyl/N-ethyl adjacent to an activating group) is 1. The second-order valence-electron chi connectivity index (χ2n) is 6.29. The molecule has 0 saturated carbocycles. The molecule has 0 radical (unpaired) electrons. The standard InChI is InChI=1S/C15H24N2O2/c1-16-11-15(19-10-14(16)18)7-8-17(12-15)9-13-5-3-2-4-6-13/h5H,2-4,6-12H2,1H3/t15-/m1/s1. The molecule has 0 N–H and O–H groups in total. The molecule has 2 saturated heterocycles. The summed E-state index contributed by atoms with van der Waals surface area (Å²) in [5.41, 5.74) is 1.50. The first-order valence-corrected chi connectivity index (χ1v) is 7.45. The molecular weight excluding hydrogens is 240 g/mol. The zero-order valence-electron chi connectivity index (χ0n) is 11.9. The third-order valence-electron chi connectivity index (χ3n) is 4.66. The lowest BCUT2D eigenvalue weighted by molar-refractivity contribution is -0.159. The molecule has 0 unspecified atom stereocenters. The highest BCUT2D eigenvalue weighted by atomic mass is 16.5. The van der Waals surface area contributed by atoms with Gasteiger partial charge in [-0.3, -0.25) is 9.69 Å². The average Bonchev–Trinajstić information content (AvgIpc) is 2.79. The third-order valence-corrected chi connectivity index (χ3v) is 4.66. The van der Waals surface area contributed by atoms with E-state index < -0.39 is 0 Å². The quantitative estimate of drug-likeness (QED) is 0.707. The lowest BCUT2D eigenvalue weighted by Crippen LogP contribution is -2.54. The predicted molar refractivity (Wildman–Crippen MR) is 73.9 cm³/mol. The van der Waals surface area contributed by atoms with Crippen molar-refractivity contribution in [3.63, 3.8) is 0 Å². The molecule has 0 aromatic carbocycles. The summed E-state index contributed by atoms with van der Waals surface area (Å²) >= 11 is 0. The van der Waals surface area contributed by atoms with Crippen molar-refractivity contribution in [3.8, 4) is 0 Å². The number of hydrogen-bond acceptors (Lipinski definition) is 3. The van der Waals surface area contributed by atoms with Gasteiger partial charge < -0.3 is 9.64 Å². The number of carbonyl (C=O) groups excluding carboxylic acids is 1. The van der Waals surface area contributed by atoms with E-state index in [2.05, 4.69) is 11.0 Å². The van der Waals surface area contributed by atoms with E-state index >= 15 is 0 Å². The first kappa shape index (κ1) is 13.1. The summed E-state index contributed by atoms with van der Waals surface area (Å²) < 4.78 is 5.88. The number of nitrogens with zero attached hydrogens (tertiary/aromatic N) is 2. The lowest BCUT2D eigenvalue weighted by Gasteiger charge is -2.38. The maximum Gasteiger partial charge on any atom is 0.248 e. The summed E-state index contributed by atoms with van der Waals surface area (Å²) in [6.07, 6.45) is 8.69. The Morgan fingerprint density at radius 3 is 3.00 bits per heavy atom. The zero-order valence-corrected chi connectivity index (χ0v) is 11.9. The Morgan fingerprint density at radius 1 is 1.37 bits per heavy atom. The number of likely N-dealkylation sites (tertiary alicyclic amines) is 1. The fraction of sp³-hybridized carbons (Fsp3) is 0.800. The first-order chi connectivity index (χ1) is 9.17. The molecule has 3 rings (SSSR count). The summed E-state index contributed by atoms with van der Waals surface area (Å²) in [4.78, 5) is 15.8. The maximum absolute atomic E-state index is 11.5. The zero-order chi connectivity index (χ0) is 13.3. The van der Waals surface area contributed by atoms with Crippen LogP contribution >= 0.6 is 0 Å².